The number of hydrogen-bond donors (Lipinski definition) is 2. The van der Waals surface area contributed by atoms with Crippen LogP contribution in [0.15, 0.2) is 42.6 Å². The van der Waals surface area contributed by atoms with Crippen LogP contribution in [0.5, 0.6) is 11.5 Å². The fraction of sp³-hybridized carbons (Fsp3) is 0.400. The van der Waals surface area contributed by atoms with Crippen LogP contribution in [-0.2, 0) is 6.42 Å². The zero-order valence-electron chi connectivity index (χ0n) is 18.8. The normalized spacial score (nSPS) is 16.4. The van der Waals surface area contributed by atoms with Crippen molar-refractivity contribution >= 4 is 28.6 Å². The summed E-state index contributed by atoms with van der Waals surface area (Å²) in [5, 5.41) is 17.6. The van der Waals surface area contributed by atoms with Gasteiger partial charge in [0, 0.05) is 61.5 Å². The standard InChI is InChI=1S/C25H31N5O2/c1-18-7-11-29(17-18)9-3-10-30(21-12-22(31)15-23(13-21)32-2)20-4-5-24-25(14-20)28-19(6-8-26)16-27-24/h4-5,8,12-16,18,26,31H,3,6-7,9-11,17H2,1-2H3. The highest BCUT2D eigenvalue weighted by molar-refractivity contribution is 5.81. The maximum absolute atomic E-state index is 10.3. The van der Waals surface area contributed by atoms with Crippen molar-refractivity contribution in [2.75, 3.05) is 38.2 Å². The van der Waals surface area contributed by atoms with Gasteiger partial charge in [-0.1, -0.05) is 6.92 Å². The molecule has 1 aromatic heterocycles. The first-order chi connectivity index (χ1) is 15.6. The molecule has 2 aromatic carbocycles. The van der Waals surface area contributed by atoms with Crippen LogP contribution in [0.3, 0.4) is 0 Å². The second-order valence-electron chi connectivity index (χ2n) is 8.53. The van der Waals surface area contributed by atoms with Crippen molar-refractivity contribution in [3.8, 4) is 11.5 Å². The Morgan fingerprint density at radius 2 is 2.09 bits per heavy atom. The number of methoxy groups -OCH3 is 1. The van der Waals surface area contributed by atoms with Crippen LogP contribution in [0.25, 0.3) is 11.0 Å². The Morgan fingerprint density at radius 3 is 2.84 bits per heavy atom. The molecule has 1 aliphatic heterocycles. The first-order valence-corrected chi connectivity index (χ1v) is 11.2. The Balaban J connectivity index is 1.64. The van der Waals surface area contributed by atoms with Crippen LogP contribution in [-0.4, -0.2) is 59.5 Å². The molecule has 3 aromatic rings. The third kappa shape index (κ3) is 5.16. The number of nitrogens with one attached hydrogen (secondary N) is 1. The van der Waals surface area contributed by atoms with E-state index in [0.717, 1.165) is 53.5 Å². The lowest BCUT2D eigenvalue weighted by molar-refractivity contribution is 0.325. The molecule has 0 radical (unpaired) electrons. The smallest absolute Gasteiger partial charge is 0.124 e. The third-order valence-corrected chi connectivity index (χ3v) is 5.99. The van der Waals surface area contributed by atoms with Gasteiger partial charge in [-0.2, -0.15) is 0 Å². The summed E-state index contributed by atoms with van der Waals surface area (Å²) in [5.74, 6) is 1.56. The predicted octanol–water partition coefficient (Wildman–Crippen LogP) is 4.41. The zero-order valence-corrected chi connectivity index (χ0v) is 18.8. The summed E-state index contributed by atoms with van der Waals surface area (Å²) in [6, 6.07) is 11.4. The van der Waals surface area contributed by atoms with Crippen molar-refractivity contribution in [3.63, 3.8) is 0 Å². The van der Waals surface area contributed by atoms with Gasteiger partial charge in [-0.05, 0) is 50.0 Å². The number of ether oxygens (including phenoxy) is 1. The molecule has 0 spiro atoms. The van der Waals surface area contributed by atoms with Gasteiger partial charge in [0.2, 0.25) is 0 Å². The first-order valence-electron chi connectivity index (χ1n) is 11.2. The van der Waals surface area contributed by atoms with Gasteiger partial charge in [0.1, 0.15) is 11.5 Å². The van der Waals surface area contributed by atoms with E-state index in [-0.39, 0.29) is 5.75 Å². The molecule has 1 atom stereocenters. The lowest BCUT2D eigenvalue weighted by atomic mass is 10.1. The number of fused-ring (bicyclic) bond motifs is 1. The lowest BCUT2D eigenvalue weighted by Gasteiger charge is -2.27. The van der Waals surface area contributed by atoms with Crippen LogP contribution >= 0.6 is 0 Å². The van der Waals surface area contributed by atoms with Gasteiger partial charge >= 0.3 is 0 Å². The van der Waals surface area contributed by atoms with Crippen LogP contribution in [0.4, 0.5) is 11.4 Å². The molecular weight excluding hydrogens is 402 g/mol. The van der Waals surface area contributed by atoms with Crippen LogP contribution in [0, 0.1) is 11.3 Å². The summed E-state index contributed by atoms with van der Waals surface area (Å²) >= 11 is 0. The minimum absolute atomic E-state index is 0.173. The molecule has 7 nitrogen and oxygen atoms in total. The van der Waals surface area contributed by atoms with Crippen molar-refractivity contribution in [2.45, 2.75) is 26.2 Å². The first kappa shape index (κ1) is 22.0. The minimum Gasteiger partial charge on any atom is -0.508 e. The SMILES string of the molecule is COc1cc(O)cc(N(CCCN2CCC(C)C2)c2ccc3ncc(CC=N)nc3c2)c1. The number of anilines is 2. The highest BCUT2D eigenvalue weighted by Crippen LogP contribution is 2.33. The van der Waals surface area contributed by atoms with Crippen molar-refractivity contribution in [3.05, 3.63) is 48.3 Å². The molecule has 1 aliphatic rings. The fourth-order valence-electron chi connectivity index (χ4n) is 4.34. The molecule has 0 saturated carbocycles. The second-order valence-corrected chi connectivity index (χ2v) is 8.53. The van der Waals surface area contributed by atoms with Gasteiger partial charge in [-0.25, -0.2) is 4.98 Å². The summed E-state index contributed by atoms with van der Waals surface area (Å²) in [7, 11) is 1.61. The molecule has 168 valence electrons. The van der Waals surface area contributed by atoms with E-state index in [1.165, 1.54) is 25.7 Å². The average molecular weight is 434 g/mol. The maximum Gasteiger partial charge on any atom is 0.124 e. The molecule has 0 amide bonds. The highest BCUT2D eigenvalue weighted by atomic mass is 16.5. The van der Waals surface area contributed by atoms with Crippen molar-refractivity contribution in [1.29, 1.82) is 5.41 Å². The van der Waals surface area contributed by atoms with Gasteiger partial charge in [0.25, 0.3) is 0 Å². The van der Waals surface area contributed by atoms with Gasteiger partial charge < -0.3 is 25.1 Å². The lowest BCUT2D eigenvalue weighted by Crippen LogP contribution is -2.26. The van der Waals surface area contributed by atoms with Crippen molar-refractivity contribution in [1.82, 2.24) is 14.9 Å². The fourth-order valence-corrected chi connectivity index (χ4v) is 4.34. The Morgan fingerprint density at radius 1 is 1.22 bits per heavy atom. The third-order valence-electron chi connectivity index (χ3n) is 5.99. The van der Waals surface area contributed by atoms with Crippen LogP contribution < -0.4 is 9.64 Å². The van der Waals surface area contributed by atoms with Gasteiger partial charge in [0.05, 0.1) is 23.8 Å². The van der Waals surface area contributed by atoms with Gasteiger partial charge in [-0.3, -0.25) is 4.98 Å². The Hall–Kier alpha value is -3.19. The second kappa shape index (κ2) is 9.96. The van der Waals surface area contributed by atoms with E-state index >= 15 is 0 Å². The number of phenols is 1. The summed E-state index contributed by atoms with van der Waals surface area (Å²) in [6.07, 6.45) is 5.80. The highest BCUT2D eigenvalue weighted by Gasteiger charge is 2.19. The Kier molecular flexibility index (Phi) is 6.85. The van der Waals surface area contributed by atoms with E-state index in [9.17, 15) is 5.11 Å². The molecule has 1 saturated heterocycles. The number of hydrogen-bond acceptors (Lipinski definition) is 7. The topological polar surface area (TPSA) is 85.6 Å². The van der Waals surface area contributed by atoms with E-state index in [4.69, 9.17) is 10.1 Å². The molecule has 2 N–H and O–H groups in total. The van der Waals surface area contributed by atoms with Crippen molar-refractivity contribution < 1.29 is 9.84 Å². The quantitative estimate of drug-likeness (QED) is 0.486. The molecule has 7 heteroatoms. The number of nitrogens with zero attached hydrogens (tertiary/aromatic N) is 4. The van der Waals surface area contributed by atoms with Gasteiger partial charge in [0.15, 0.2) is 0 Å². The summed E-state index contributed by atoms with van der Waals surface area (Å²) < 4.78 is 5.39. The summed E-state index contributed by atoms with van der Waals surface area (Å²) in [6.45, 7) is 6.50. The van der Waals surface area contributed by atoms with Gasteiger partial charge in [-0.15, -0.1) is 0 Å². The molecule has 0 aliphatic carbocycles. The number of rotatable bonds is 9. The molecular formula is C25H31N5O2. The van der Waals surface area contributed by atoms with Crippen LogP contribution in [0.1, 0.15) is 25.5 Å². The number of aromatic nitrogens is 2. The zero-order chi connectivity index (χ0) is 22.5. The minimum atomic E-state index is 0.173. The van der Waals surface area contributed by atoms with E-state index in [2.05, 4.69) is 26.7 Å². The van der Waals surface area contributed by atoms with Crippen molar-refractivity contribution in [2.24, 2.45) is 5.92 Å². The number of aromatic hydroxyl groups is 1. The maximum atomic E-state index is 10.3. The number of benzene rings is 2. The van der Waals surface area contributed by atoms with E-state index in [0.29, 0.717) is 12.2 Å². The Labute approximate surface area is 189 Å². The van der Waals surface area contributed by atoms with Crippen LogP contribution in [0.2, 0.25) is 0 Å². The predicted molar refractivity (Wildman–Crippen MR) is 129 cm³/mol. The van der Waals surface area contributed by atoms with E-state index in [1.807, 2.05) is 24.3 Å². The molecule has 32 heavy (non-hydrogen) atoms. The molecule has 4 rings (SSSR count). The molecule has 0 bridgehead atoms. The monoisotopic (exact) mass is 433 g/mol. The number of phenolic OH excluding ortho intramolecular Hbond substituents is 1. The largest absolute Gasteiger partial charge is 0.508 e. The summed E-state index contributed by atoms with van der Waals surface area (Å²) in [4.78, 5) is 13.9. The molecule has 2 heterocycles. The van der Waals surface area contributed by atoms with E-state index < -0.39 is 0 Å². The average Bonchev–Trinajstić information content (AvgIpc) is 3.21. The number of likely N-dealkylation sites (tertiary alicyclic amines) is 1. The molecule has 1 unspecified atom stereocenters. The molecule has 1 fully saturated rings. The van der Waals surface area contributed by atoms with E-state index in [1.54, 1.807) is 25.4 Å². The Bertz CT molecular complexity index is 1090. The summed E-state index contributed by atoms with van der Waals surface area (Å²) in [5.41, 5.74) is 4.26.